The number of hydrogen-bond donors (Lipinski definition) is 0. The minimum Gasteiger partial charge on any atom is -0.378 e. The lowest BCUT2D eigenvalue weighted by Gasteiger charge is -2.28. The van der Waals surface area contributed by atoms with Crippen molar-refractivity contribution in [2.75, 3.05) is 31.2 Å². The molecular formula is C19H24ClN3O2S. The molecule has 0 radical (unpaired) electrons. The van der Waals surface area contributed by atoms with Gasteiger partial charge in [0, 0.05) is 37.4 Å². The summed E-state index contributed by atoms with van der Waals surface area (Å²) in [6.45, 7) is 7.11. The van der Waals surface area contributed by atoms with Crippen LogP contribution >= 0.6 is 23.7 Å². The van der Waals surface area contributed by atoms with Crippen molar-refractivity contribution in [3.63, 3.8) is 0 Å². The van der Waals surface area contributed by atoms with Crippen LogP contribution in [-0.4, -0.2) is 36.7 Å². The van der Waals surface area contributed by atoms with Gasteiger partial charge >= 0.3 is 0 Å². The van der Waals surface area contributed by atoms with E-state index in [1.54, 1.807) is 6.92 Å². The van der Waals surface area contributed by atoms with E-state index in [-0.39, 0.29) is 18.2 Å². The zero-order valence-electron chi connectivity index (χ0n) is 15.1. The third kappa shape index (κ3) is 3.87. The number of benzene rings is 1. The first kappa shape index (κ1) is 19.1. The highest BCUT2D eigenvalue weighted by atomic mass is 35.5. The number of morpholine rings is 1. The van der Waals surface area contributed by atoms with Crippen molar-refractivity contribution in [2.45, 2.75) is 32.7 Å². The Balaban J connectivity index is 0.00000196. The number of halogens is 1. The molecule has 0 spiro atoms. The van der Waals surface area contributed by atoms with Gasteiger partial charge in [0.15, 0.2) is 10.6 Å². The fraction of sp³-hybridized carbons (Fsp3) is 0.474. The topological polar surface area (TPSA) is 46.8 Å². The van der Waals surface area contributed by atoms with E-state index in [4.69, 9.17) is 9.73 Å². The third-order valence-corrected chi connectivity index (χ3v) is 6.03. The van der Waals surface area contributed by atoms with Crippen LogP contribution in [0.5, 0.6) is 0 Å². The molecule has 1 aliphatic heterocycles. The summed E-state index contributed by atoms with van der Waals surface area (Å²) in [6, 6.07) is 8.88. The highest BCUT2D eigenvalue weighted by Gasteiger charge is 2.28. The number of anilines is 1. The van der Waals surface area contributed by atoms with Crippen molar-refractivity contribution >= 4 is 40.9 Å². The molecule has 2 fully saturated rings. The molecular weight excluding hydrogens is 370 g/mol. The van der Waals surface area contributed by atoms with Gasteiger partial charge in [0.2, 0.25) is 0 Å². The number of Topliss-reactive ketones (excluding diaryl/α,β-unsaturated/α-hetero) is 1. The number of aromatic nitrogens is 1. The van der Waals surface area contributed by atoms with Crippen LogP contribution in [0.2, 0.25) is 0 Å². The summed E-state index contributed by atoms with van der Waals surface area (Å²) in [4.78, 5) is 20.8. The largest absolute Gasteiger partial charge is 0.378 e. The van der Waals surface area contributed by atoms with Gasteiger partial charge in [-0.05, 0) is 44.0 Å². The lowest BCUT2D eigenvalue weighted by molar-refractivity contribution is 0.102. The fourth-order valence-electron chi connectivity index (χ4n) is 3.30. The zero-order valence-corrected chi connectivity index (χ0v) is 16.7. The van der Waals surface area contributed by atoms with E-state index in [2.05, 4.69) is 33.7 Å². The van der Waals surface area contributed by atoms with Gasteiger partial charge in [0.05, 0.1) is 23.8 Å². The smallest absolute Gasteiger partial charge is 0.191 e. The molecule has 1 aromatic carbocycles. The van der Waals surface area contributed by atoms with Crippen LogP contribution < -0.4 is 9.70 Å². The molecule has 26 heavy (non-hydrogen) atoms. The Hall–Kier alpha value is -1.63. The molecule has 1 aliphatic carbocycles. The van der Waals surface area contributed by atoms with Gasteiger partial charge < -0.3 is 14.2 Å². The van der Waals surface area contributed by atoms with E-state index >= 15 is 0 Å². The van der Waals surface area contributed by atoms with E-state index in [1.807, 2.05) is 6.92 Å². The lowest BCUT2D eigenvalue weighted by atomic mass is 10.2. The molecule has 7 heteroatoms. The molecule has 0 unspecified atom stereocenters. The van der Waals surface area contributed by atoms with E-state index in [0.717, 1.165) is 47.4 Å². The Morgan fingerprint density at radius 1 is 1.19 bits per heavy atom. The standard InChI is InChI=1S/C19H23N3O2S.ClH/c1-13-18(14(2)23)25-19(22(13)17-7-8-17)20-15-3-5-16(6-4-15)21-9-11-24-12-10-21;/h3-6,17H,7-12H2,1-2H3;1H. The highest BCUT2D eigenvalue weighted by Crippen LogP contribution is 2.36. The Morgan fingerprint density at radius 2 is 1.85 bits per heavy atom. The second-order valence-corrected chi connectivity index (χ2v) is 7.66. The van der Waals surface area contributed by atoms with Crippen molar-refractivity contribution in [2.24, 2.45) is 4.99 Å². The maximum Gasteiger partial charge on any atom is 0.191 e. The van der Waals surface area contributed by atoms with E-state index in [0.29, 0.717) is 6.04 Å². The number of carbonyl (C=O) groups is 1. The van der Waals surface area contributed by atoms with Gasteiger partial charge in [-0.3, -0.25) is 4.79 Å². The molecule has 0 atom stereocenters. The number of thiazole rings is 1. The molecule has 2 aliphatic rings. The average molecular weight is 394 g/mol. The SMILES string of the molecule is CC(=O)c1sc(=Nc2ccc(N3CCOCC3)cc2)n(C2CC2)c1C.Cl. The summed E-state index contributed by atoms with van der Waals surface area (Å²) in [5.74, 6) is 0.126. The van der Waals surface area contributed by atoms with Crippen molar-refractivity contribution in [1.29, 1.82) is 0 Å². The maximum absolute atomic E-state index is 11.9. The predicted octanol–water partition coefficient (Wildman–Crippen LogP) is 3.89. The van der Waals surface area contributed by atoms with Crippen molar-refractivity contribution in [1.82, 2.24) is 4.57 Å². The van der Waals surface area contributed by atoms with Crippen LogP contribution in [0, 0.1) is 6.92 Å². The molecule has 0 N–H and O–H groups in total. The van der Waals surface area contributed by atoms with Gasteiger partial charge in [0.1, 0.15) is 0 Å². The van der Waals surface area contributed by atoms with E-state index in [9.17, 15) is 4.79 Å². The number of nitrogens with zero attached hydrogens (tertiary/aromatic N) is 3. The minimum absolute atomic E-state index is 0. The van der Waals surface area contributed by atoms with Crippen LogP contribution in [-0.2, 0) is 4.74 Å². The van der Waals surface area contributed by atoms with Gasteiger partial charge in [-0.1, -0.05) is 11.3 Å². The Bertz CT molecular complexity index is 847. The summed E-state index contributed by atoms with van der Waals surface area (Å²) < 4.78 is 7.66. The molecule has 1 saturated carbocycles. The first-order valence-corrected chi connectivity index (χ1v) is 9.65. The first-order valence-electron chi connectivity index (χ1n) is 8.84. The number of carbonyl (C=O) groups excluding carboxylic acids is 1. The average Bonchev–Trinajstić information content (AvgIpc) is 3.40. The molecule has 1 saturated heterocycles. The van der Waals surface area contributed by atoms with E-state index in [1.165, 1.54) is 29.9 Å². The highest BCUT2D eigenvalue weighted by molar-refractivity contribution is 7.11. The molecule has 2 heterocycles. The summed E-state index contributed by atoms with van der Waals surface area (Å²) in [6.07, 6.45) is 2.36. The van der Waals surface area contributed by atoms with Crippen molar-refractivity contribution < 1.29 is 9.53 Å². The normalized spacial score (nSPS) is 17.9. The molecule has 0 bridgehead atoms. The summed E-state index contributed by atoms with van der Waals surface area (Å²) in [5, 5.41) is 0. The molecule has 1 aromatic heterocycles. The number of rotatable bonds is 4. The van der Waals surface area contributed by atoms with Crippen LogP contribution in [0.3, 0.4) is 0 Å². The molecule has 140 valence electrons. The maximum atomic E-state index is 11.9. The Kier molecular flexibility index (Phi) is 5.85. The Labute approximate surface area is 163 Å². The first-order chi connectivity index (χ1) is 12.1. The molecule has 5 nitrogen and oxygen atoms in total. The van der Waals surface area contributed by atoms with Crippen molar-refractivity contribution in [3.8, 4) is 0 Å². The van der Waals surface area contributed by atoms with Crippen LogP contribution in [0.25, 0.3) is 0 Å². The molecule has 4 rings (SSSR count). The summed E-state index contributed by atoms with van der Waals surface area (Å²) in [5.41, 5.74) is 3.20. The molecule has 2 aromatic rings. The number of ketones is 1. The van der Waals surface area contributed by atoms with Crippen LogP contribution in [0.4, 0.5) is 11.4 Å². The van der Waals surface area contributed by atoms with Gasteiger partial charge in [-0.25, -0.2) is 4.99 Å². The number of ether oxygens (including phenoxy) is 1. The monoisotopic (exact) mass is 393 g/mol. The van der Waals surface area contributed by atoms with Gasteiger partial charge in [-0.15, -0.1) is 12.4 Å². The zero-order chi connectivity index (χ0) is 17.4. The minimum atomic E-state index is 0. The second kappa shape index (κ2) is 7.94. The van der Waals surface area contributed by atoms with Crippen LogP contribution in [0.1, 0.15) is 41.2 Å². The second-order valence-electron chi connectivity index (χ2n) is 6.68. The molecule has 0 amide bonds. The fourth-order valence-corrected chi connectivity index (χ4v) is 4.41. The summed E-state index contributed by atoms with van der Waals surface area (Å²) in [7, 11) is 0. The van der Waals surface area contributed by atoms with Gasteiger partial charge in [0.25, 0.3) is 0 Å². The quantitative estimate of drug-likeness (QED) is 0.740. The van der Waals surface area contributed by atoms with E-state index < -0.39 is 0 Å². The van der Waals surface area contributed by atoms with Crippen molar-refractivity contribution in [3.05, 3.63) is 39.6 Å². The number of hydrogen-bond acceptors (Lipinski definition) is 5. The third-order valence-electron chi connectivity index (χ3n) is 4.77. The van der Waals surface area contributed by atoms with Gasteiger partial charge in [-0.2, -0.15) is 0 Å². The van der Waals surface area contributed by atoms with Crippen LogP contribution in [0.15, 0.2) is 29.3 Å². The summed E-state index contributed by atoms with van der Waals surface area (Å²) >= 11 is 1.51. The Morgan fingerprint density at radius 3 is 2.42 bits per heavy atom. The predicted molar refractivity (Wildman–Crippen MR) is 107 cm³/mol. The lowest BCUT2D eigenvalue weighted by Crippen LogP contribution is -2.36.